The van der Waals surface area contributed by atoms with Gasteiger partial charge < -0.3 is 10.2 Å². The number of hydrogen-bond donors (Lipinski definition) is 1. The maximum absolute atomic E-state index is 12.8. The van der Waals surface area contributed by atoms with Gasteiger partial charge in [-0.15, -0.1) is 0 Å². The van der Waals surface area contributed by atoms with Crippen LogP contribution in [0, 0.1) is 5.82 Å². The molecule has 0 aliphatic heterocycles. The van der Waals surface area contributed by atoms with Crippen molar-refractivity contribution in [3.05, 3.63) is 64.4 Å². The lowest BCUT2D eigenvalue weighted by molar-refractivity contribution is 0.220. The molecule has 1 N–H and O–H groups in total. The predicted octanol–water partition coefficient (Wildman–Crippen LogP) is 4.25. The fourth-order valence-electron chi connectivity index (χ4n) is 1.73. The van der Waals surface area contributed by atoms with Crippen LogP contribution in [0.3, 0.4) is 0 Å². The first-order valence-electron chi connectivity index (χ1n) is 6.07. The molecule has 0 bridgehead atoms. The zero-order valence-corrected chi connectivity index (χ0v) is 12.5. The van der Waals surface area contributed by atoms with Crippen LogP contribution < -0.4 is 5.32 Å². The van der Waals surface area contributed by atoms with Crippen molar-refractivity contribution < 1.29 is 9.18 Å². The van der Waals surface area contributed by atoms with Gasteiger partial charge >= 0.3 is 6.03 Å². The minimum atomic E-state index is -0.328. The predicted molar refractivity (Wildman–Crippen MR) is 81.0 cm³/mol. The minimum absolute atomic E-state index is 0.239. The van der Waals surface area contributed by atoms with Crippen molar-refractivity contribution in [2.45, 2.75) is 6.54 Å². The van der Waals surface area contributed by atoms with Gasteiger partial charge in [-0.05, 0) is 42.0 Å². The molecule has 0 aliphatic carbocycles. The highest BCUT2D eigenvalue weighted by molar-refractivity contribution is 9.10. The number of nitrogens with one attached hydrogen (secondary N) is 1. The van der Waals surface area contributed by atoms with E-state index in [-0.39, 0.29) is 11.8 Å². The van der Waals surface area contributed by atoms with Crippen molar-refractivity contribution in [2.24, 2.45) is 0 Å². The lowest BCUT2D eigenvalue weighted by Crippen LogP contribution is -2.30. The van der Waals surface area contributed by atoms with Gasteiger partial charge in [-0.1, -0.05) is 28.1 Å². The van der Waals surface area contributed by atoms with Crippen LogP contribution in [0.15, 0.2) is 53.0 Å². The number of carbonyl (C=O) groups excluding carboxylic acids is 1. The monoisotopic (exact) mass is 336 g/mol. The number of carbonyl (C=O) groups is 1. The van der Waals surface area contributed by atoms with Gasteiger partial charge in [0.15, 0.2) is 0 Å². The van der Waals surface area contributed by atoms with Crippen LogP contribution in [0.1, 0.15) is 5.56 Å². The van der Waals surface area contributed by atoms with Crippen LogP contribution in [0.5, 0.6) is 0 Å². The number of hydrogen-bond acceptors (Lipinski definition) is 1. The summed E-state index contributed by atoms with van der Waals surface area (Å²) in [5, 5.41) is 2.71. The lowest BCUT2D eigenvalue weighted by Gasteiger charge is -2.18. The highest BCUT2D eigenvalue weighted by atomic mass is 79.9. The quantitative estimate of drug-likeness (QED) is 0.892. The molecule has 2 amide bonds. The SMILES string of the molecule is CN(Cc1cccc(Br)c1)C(=O)Nc1ccc(F)cc1. The third-order valence-electron chi connectivity index (χ3n) is 2.75. The molecule has 0 heterocycles. The molecular formula is C15H14BrFN2O. The maximum Gasteiger partial charge on any atom is 0.321 e. The minimum Gasteiger partial charge on any atom is -0.323 e. The van der Waals surface area contributed by atoms with Gasteiger partial charge in [-0.2, -0.15) is 0 Å². The first-order valence-corrected chi connectivity index (χ1v) is 6.86. The number of nitrogens with zero attached hydrogens (tertiary/aromatic N) is 1. The molecule has 0 aliphatic rings. The molecule has 2 aromatic carbocycles. The summed E-state index contributed by atoms with van der Waals surface area (Å²) in [6, 6.07) is 13.2. The summed E-state index contributed by atoms with van der Waals surface area (Å²) in [5.74, 6) is -0.328. The van der Waals surface area contributed by atoms with E-state index in [9.17, 15) is 9.18 Å². The molecule has 2 rings (SSSR count). The zero-order chi connectivity index (χ0) is 14.5. The molecule has 5 heteroatoms. The van der Waals surface area contributed by atoms with Crippen molar-refractivity contribution in [3.8, 4) is 0 Å². The van der Waals surface area contributed by atoms with Gasteiger partial charge in [0.1, 0.15) is 5.82 Å². The Morgan fingerprint density at radius 1 is 1.25 bits per heavy atom. The Morgan fingerprint density at radius 2 is 1.95 bits per heavy atom. The average molecular weight is 337 g/mol. The highest BCUT2D eigenvalue weighted by Gasteiger charge is 2.09. The van der Waals surface area contributed by atoms with Crippen molar-refractivity contribution >= 4 is 27.6 Å². The van der Waals surface area contributed by atoms with E-state index < -0.39 is 0 Å². The van der Waals surface area contributed by atoms with Crippen molar-refractivity contribution in [1.82, 2.24) is 4.90 Å². The summed E-state index contributed by atoms with van der Waals surface area (Å²) in [4.78, 5) is 13.6. The van der Waals surface area contributed by atoms with E-state index in [2.05, 4.69) is 21.2 Å². The Kier molecular flexibility index (Phi) is 4.74. The molecular weight excluding hydrogens is 323 g/mol. The summed E-state index contributed by atoms with van der Waals surface area (Å²) in [7, 11) is 1.71. The summed E-state index contributed by atoms with van der Waals surface area (Å²) in [6.45, 7) is 0.493. The van der Waals surface area contributed by atoms with Crippen molar-refractivity contribution in [3.63, 3.8) is 0 Å². The molecule has 0 atom stereocenters. The smallest absolute Gasteiger partial charge is 0.321 e. The normalized spacial score (nSPS) is 10.2. The lowest BCUT2D eigenvalue weighted by atomic mass is 10.2. The molecule has 104 valence electrons. The van der Waals surface area contributed by atoms with Gasteiger partial charge in [0.05, 0.1) is 0 Å². The van der Waals surface area contributed by atoms with E-state index in [1.54, 1.807) is 11.9 Å². The van der Waals surface area contributed by atoms with Crippen LogP contribution in [0.2, 0.25) is 0 Å². The van der Waals surface area contributed by atoms with Crippen LogP contribution >= 0.6 is 15.9 Å². The molecule has 0 aromatic heterocycles. The van der Waals surface area contributed by atoms with Crippen molar-refractivity contribution in [1.29, 1.82) is 0 Å². The molecule has 2 aromatic rings. The Hall–Kier alpha value is -1.88. The Morgan fingerprint density at radius 3 is 2.60 bits per heavy atom. The van der Waals surface area contributed by atoms with Gasteiger partial charge in [0.25, 0.3) is 0 Å². The topological polar surface area (TPSA) is 32.3 Å². The van der Waals surface area contributed by atoms with Crippen LogP contribution in [-0.4, -0.2) is 18.0 Å². The van der Waals surface area contributed by atoms with Gasteiger partial charge in [-0.25, -0.2) is 9.18 Å². The molecule has 0 radical (unpaired) electrons. The fourth-order valence-corrected chi connectivity index (χ4v) is 2.18. The van der Waals surface area contributed by atoms with Gasteiger partial charge in [-0.3, -0.25) is 0 Å². The number of rotatable bonds is 3. The fraction of sp³-hybridized carbons (Fsp3) is 0.133. The summed E-state index contributed by atoms with van der Waals surface area (Å²) in [6.07, 6.45) is 0. The van der Waals surface area contributed by atoms with E-state index in [1.807, 2.05) is 24.3 Å². The summed E-state index contributed by atoms with van der Waals surface area (Å²) < 4.78 is 13.8. The standard InChI is InChI=1S/C15H14BrFN2O/c1-19(10-11-3-2-4-12(16)9-11)15(20)18-14-7-5-13(17)6-8-14/h2-9H,10H2,1H3,(H,18,20). The third-order valence-corrected chi connectivity index (χ3v) is 3.24. The van der Waals surface area contributed by atoms with Gasteiger partial charge in [0, 0.05) is 23.8 Å². The average Bonchev–Trinajstić information content (AvgIpc) is 2.41. The second-order valence-corrected chi connectivity index (χ2v) is 5.34. The first kappa shape index (κ1) is 14.5. The molecule has 0 fully saturated rings. The van der Waals surface area contributed by atoms with Crippen molar-refractivity contribution in [2.75, 3.05) is 12.4 Å². The second-order valence-electron chi connectivity index (χ2n) is 4.42. The van der Waals surface area contributed by atoms with E-state index in [4.69, 9.17) is 0 Å². The molecule has 0 saturated heterocycles. The van der Waals surface area contributed by atoms with E-state index in [0.717, 1.165) is 10.0 Å². The molecule has 3 nitrogen and oxygen atoms in total. The highest BCUT2D eigenvalue weighted by Crippen LogP contribution is 2.14. The van der Waals surface area contributed by atoms with Crippen LogP contribution in [0.25, 0.3) is 0 Å². The summed E-state index contributed by atoms with van der Waals surface area (Å²) in [5.41, 5.74) is 1.59. The number of halogens is 2. The van der Waals surface area contributed by atoms with Crippen LogP contribution in [0.4, 0.5) is 14.9 Å². The second kappa shape index (κ2) is 6.52. The zero-order valence-electron chi connectivity index (χ0n) is 10.9. The molecule has 20 heavy (non-hydrogen) atoms. The third kappa shape index (κ3) is 4.06. The Bertz CT molecular complexity index is 601. The first-order chi connectivity index (χ1) is 9.54. The van der Waals surface area contributed by atoms with Gasteiger partial charge in [0.2, 0.25) is 0 Å². The molecule has 0 saturated carbocycles. The number of benzene rings is 2. The van der Waals surface area contributed by atoms with E-state index in [0.29, 0.717) is 12.2 Å². The Balaban J connectivity index is 1.96. The number of anilines is 1. The summed E-state index contributed by atoms with van der Waals surface area (Å²) >= 11 is 3.40. The maximum atomic E-state index is 12.8. The molecule has 0 spiro atoms. The van der Waals surface area contributed by atoms with E-state index in [1.165, 1.54) is 24.3 Å². The molecule has 0 unspecified atom stereocenters. The largest absolute Gasteiger partial charge is 0.323 e. The Labute approximate surface area is 125 Å². The number of amides is 2. The van der Waals surface area contributed by atoms with E-state index >= 15 is 0 Å². The number of urea groups is 1. The van der Waals surface area contributed by atoms with Crippen LogP contribution in [-0.2, 0) is 6.54 Å².